The van der Waals surface area contributed by atoms with Crippen molar-refractivity contribution in [3.63, 3.8) is 0 Å². The third kappa shape index (κ3) is 6.06. The fourth-order valence-corrected chi connectivity index (χ4v) is 4.69. The molecule has 1 heterocycles. The summed E-state index contributed by atoms with van der Waals surface area (Å²) in [5.41, 5.74) is 7.27. The van der Waals surface area contributed by atoms with E-state index < -0.39 is 0 Å². The van der Waals surface area contributed by atoms with Crippen LogP contribution in [-0.4, -0.2) is 48.9 Å². The Morgan fingerprint density at radius 2 is 1.09 bits per heavy atom. The van der Waals surface area contributed by atoms with Crippen molar-refractivity contribution < 1.29 is 0 Å². The molecular formula is C30H45N5. The molecule has 0 spiro atoms. The fraction of sp³-hybridized carbons (Fsp3) is 0.533. The van der Waals surface area contributed by atoms with Crippen molar-refractivity contribution in [2.24, 2.45) is 9.98 Å². The lowest BCUT2D eigenvalue weighted by molar-refractivity contribution is 0.553. The maximum absolute atomic E-state index is 5.29. The number of likely N-dealkylation sites (N-methyl/N-ethyl adjacent to an activating group) is 2. The number of nitrogens with zero attached hydrogens (tertiary/aromatic N) is 4. The molecule has 1 saturated heterocycles. The minimum Gasteiger partial charge on any atom is -0.344 e. The number of hydrogen-bond acceptors (Lipinski definition) is 1. The molecule has 1 aliphatic heterocycles. The molecule has 0 aliphatic carbocycles. The van der Waals surface area contributed by atoms with Gasteiger partial charge in [0.25, 0.3) is 0 Å². The molecule has 1 fully saturated rings. The number of nitrogens with one attached hydrogen (secondary N) is 1. The highest BCUT2D eigenvalue weighted by Gasteiger charge is 2.23. The van der Waals surface area contributed by atoms with Gasteiger partial charge >= 0.3 is 0 Å². The molecule has 1 aliphatic rings. The summed E-state index contributed by atoms with van der Waals surface area (Å²) in [5, 5.41) is 3.74. The number of aliphatic imine (C=N–C) groups is 2. The first-order chi connectivity index (χ1) is 16.5. The van der Waals surface area contributed by atoms with Crippen LogP contribution in [0.3, 0.4) is 0 Å². The lowest BCUT2D eigenvalue weighted by Gasteiger charge is -2.23. The van der Waals surface area contributed by atoms with Crippen molar-refractivity contribution in [3.8, 4) is 0 Å². The first-order valence-electron chi connectivity index (χ1n) is 13.1. The third-order valence-corrected chi connectivity index (χ3v) is 6.83. The predicted molar refractivity (Wildman–Crippen MR) is 153 cm³/mol. The molecule has 2 aromatic rings. The first kappa shape index (κ1) is 26.8. The Morgan fingerprint density at radius 3 is 1.49 bits per heavy atom. The Hall–Kier alpha value is -2.82. The van der Waals surface area contributed by atoms with Gasteiger partial charge < -0.3 is 15.1 Å². The number of hydrogen-bond donors (Lipinski definition) is 1. The largest absolute Gasteiger partial charge is 0.344 e. The lowest BCUT2D eigenvalue weighted by Crippen LogP contribution is -2.30. The van der Waals surface area contributed by atoms with Crippen molar-refractivity contribution in [1.82, 2.24) is 9.80 Å². The second kappa shape index (κ2) is 11.3. The SMILES string of the molecule is CC(C)c1cccc(C(C)C)c1/N=C(\N=C1N(C)CCN1C)Nc1c(C(C)C)cccc1C(C)C. The second-order valence-electron chi connectivity index (χ2n) is 11.0. The van der Waals surface area contributed by atoms with Crippen LogP contribution in [0, 0.1) is 0 Å². The van der Waals surface area contributed by atoms with E-state index in [-0.39, 0.29) is 0 Å². The van der Waals surface area contributed by atoms with Gasteiger partial charge in [0, 0.05) is 32.9 Å². The van der Waals surface area contributed by atoms with E-state index in [0.717, 1.165) is 30.4 Å². The van der Waals surface area contributed by atoms with Crippen molar-refractivity contribution in [3.05, 3.63) is 58.7 Å². The Labute approximate surface area is 213 Å². The van der Waals surface area contributed by atoms with Gasteiger partial charge in [-0.3, -0.25) is 0 Å². The molecule has 0 saturated carbocycles. The third-order valence-electron chi connectivity index (χ3n) is 6.83. The van der Waals surface area contributed by atoms with E-state index in [0.29, 0.717) is 29.6 Å². The highest BCUT2D eigenvalue weighted by atomic mass is 15.4. The van der Waals surface area contributed by atoms with Crippen molar-refractivity contribution >= 4 is 23.3 Å². The molecule has 2 aromatic carbocycles. The van der Waals surface area contributed by atoms with Gasteiger partial charge in [-0.05, 0) is 45.9 Å². The van der Waals surface area contributed by atoms with Gasteiger partial charge in [0.15, 0.2) is 0 Å². The topological polar surface area (TPSA) is 43.2 Å². The molecule has 0 aromatic heterocycles. The number of benzene rings is 2. The average molecular weight is 476 g/mol. The molecule has 190 valence electrons. The minimum absolute atomic E-state index is 0.368. The Balaban J connectivity index is 2.27. The second-order valence-corrected chi connectivity index (χ2v) is 11.0. The molecule has 0 atom stereocenters. The summed E-state index contributed by atoms with van der Waals surface area (Å²) in [5.74, 6) is 3.09. The van der Waals surface area contributed by atoms with Crippen LogP contribution in [0.15, 0.2) is 46.4 Å². The average Bonchev–Trinajstić information content (AvgIpc) is 3.10. The van der Waals surface area contributed by atoms with E-state index in [2.05, 4.69) is 121 Å². The maximum atomic E-state index is 5.29. The molecule has 35 heavy (non-hydrogen) atoms. The Bertz CT molecular complexity index is 1010. The molecule has 1 N–H and O–H groups in total. The van der Waals surface area contributed by atoms with Crippen LogP contribution in [0.5, 0.6) is 0 Å². The highest BCUT2D eigenvalue weighted by molar-refractivity contribution is 6.04. The molecule has 3 rings (SSSR count). The molecule has 0 bridgehead atoms. The van der Waals surface area contributed by atoms with Gasteiger partial charge in [-0.2, -0.15) is 4.99 Å². The van der Waals surface area contributed by atoms with Gasteiger partial charge in [0.2, 0.25) is 11.9 Å². The summed E-state index contributed by atoms with van der Waals surface area (Å²) in [7, 11) is 4.20. The molecule has 5 heteroatoms. The van der Waals surface area contributed by atoms with Crippen LogP contribution in [0.2, 0.25) is 0 Å². The molecule has 0 amide bonds. The van der Waals surface area contributed by atoms with Gasteiger partial charge in [-0.1, -0.05) is 91.8 Å². The summed E-state index contributed by atoms with van der Waals surface area (Å²) < 4.78 is 0. The van der Waals surface area contributed by atoms with Crippen LogP contribution in [0.25, 0.3) is 0 Å². The Morgan fingerprint density at radius 1 is 0.686 bits per heavy atom. The van der Waals surface area contributed by atoms with Gasteiger partial charge in [0.1, 0.15) is 0 Å². The van der Waals surface area contributed by atoms with Gasteiger partial charge in [-0.15, -0.1) is 0 Å². The summed E-state index contributed by atoms with van der Waals surface area (Å²) in [6.45, 7) is 19.9. The summed E-state index contributed by atoms with van der Waals surface area (Å²) in [6.07, 6.45) is 0. The van der Waals surface area contributed by atoms with Crippen LogP contribution in [0.1, 0.15) is 101 Å². The van der Waals surface area contributed by atoms with Crippen molar-refractivity contribution in [2.75, 3.05) is 32.5 Å². The zero-order chi connectivity index (χ0) is 25.9. The van der Waals surface area contributed by atoms with E-state index in [1.54, 1.807) is 0 Å². The molecular weight excluding hydrogens is 430 g/mol. The maximum Gasteiger partial charge on any atom is 0.231 e. The first-order valence-corrected chi connectivity index (χ1v) is 13.1. The fourth-order valence-electron chi connectivity index (χ4n) is 4.69. The van der Waals surface area contributed by atoms with E-state index in [1.807, 2.05) is 0 Å². The highest BCUT2D eigenvalue weighted by Crippen LogP contribution is 2.36. The van der Waals surface area contributed by atoms with E-state index in [4.69, 9.17) is 9.98 Å². The van der Waals surface area contributed by atoms with Gasteiger partial charge in [0.05, 0.1) is 5.69 Å². The molecule has 0 unspecified atom stereocenters. The standard InChI is InChI=1S/C30H45N5/c1-19(2)23-13-11-14-24(20(3)4)27(23)31-29(33-30-34(9)17-18-35(30)10)32-28-25(21(5)6)15-12-16-26(28)22(7)8/h11-16,19-22H,17-18H2,1-10H3,(H,31,32). The lowest BCUT2D eigenvalue weighted by atomic mass is 9.92. The van der Waals surface area contributed by atoms with Gasteiger partial charge in [-0.25, -0.2) is 4.99 Å². The van der Waals surface area contributed by atoms with Crippen molar-refractivity contribution in [2.45, 2.75) is 79.1 Å². The van der Waals surface area contributed by atoms with E-state index >= 15 is 0 Å². The normalized spacial score (nSPS) is 14.8. The minimum atomic E-state index is 0.368. The summed E-state index contributed by atoms with van der Waals surface area (Å²) in [4.78, 5) is 14.8. The monoisotopic (exact) mass is 475 g/mol. The van der Waals surface area contributed by atoms with Crippen molar-refractivity contribution in [1.29, 1.82) is 0 Å². The molecule has 0 radical (unpaired) electrons. The summed E-state index contributed by atoms with van der Waals surface area (Å²) >= 11 is 0. The smallest absolute Gasteiger partial charge is 0.231 e. The van der Waals surface area contributed by atoms with E-state index in [1.165, 1.54) is 22.3 Å². The zero-order valence-corrected chi connectivity index (χ0v) is 23.5. The van der Waals surface area contributed by atoms with E-state index in [9.17, 15) is 0 Å². The summed E-state index contributed by atoms with van der Waals surface area (Å²) in [6, 6.07) is 13.2. The Kier molecular flexibility index (Phi) is 8.63. The number of anilines is 1. The number of rotatable bonds is 6. The van der Waals surface area contributed by atoms with Crippen LogP contribution in [0.4, 0.5) is 11.4 Å². The number of para-hydroxylation sites is 2. The molecule has 5 nitrogen and oxygen atoms in total. The zero-order valence-electron chi connectivity index (χ0n) is 23.5. The quantitative estimate of drug-likeness (QED) is 0.347. The van der Waals surface area contributed by atoms with Crippen LogP contribution < -0.4 is 5.32 Å². The number of guanidine groups is 2. The predicted octanol–water partition coefficient (Wildman–Crippen LogP) is 7.51. The van der Waals surface area contributed by atoms with Crippen LogP contribution in [-0.2, 0) is 0 Å². The van der Waals surface area contributed by atoms with Crippen LogP contribution >= 0.6 is 0 Å².